The number of aliphatic hydroxyl groups is 4. The van der Waals surface area contributed by atoms with Gasteiger partial charge in [0.15, 0.2) is 0 Å². The van der Waals surface area contributed by atoms with Gasteiger partial charge in [-0.1, -0.05) is 0 Å². The molecule has 0 radical (unpaired) electrons. The molecule has 0 aliphatic rings. The van der Waals surface area contributed by atoms with Crippen LogP contribution in [0.4, 0.5) is 0 Å². The van der Waals surface area contributed by atoms with Crippen LogP contribution in [0.2, 0.25) is 0 Å². The summed E-state index contributed by atoms with van der Waals surface area (Å²) in [6.07, 6.45) is 0. The van der Waals surface area contributed by atoms with E-state index in [1.165, 1.54) is 0 Å². The molecule has 0 aliphatic carbocycles. The minimum Gasteiger partial charge on any atom is -0.397 e. The van der Waals surface area contributed by atoms with Gasteiger partial charge in [-0.3, -0.25) is 4.90 Å². The number of rotatable bonds is 6. The molecule has 5 heteroatoms. The van der Waals surface area contributed by atoms with Gasteiger partial charge in [0, 0.05) is 26.2 Å². The summed E-state index contributed by atoms with van der Waals surface area (Å²) in [6.45, 7) is 3.68. The Morgan fingerprint density at radius 1 is 0.769 bits per heavy atom. The van der Waals surface area contributed by atoms with Crippen LogP contribution in [0.15, 0.2) is 0 Å². The first-order chi connectivity index (χ1) is 6.26. The first-order valence-electron chi connectivity index (χ1n) is 4.42. The summed E-state index contributed by atoms with van der Waals surface area (Å²) in [6, 6.07) is 0. The summed E-state index contributed by atoms with van der Waals surface area (Å²) < 4.78 is 0. The zero-order valence-corrected chi connectivity index (χ0v) is 8.19. The summed E-state index contributed by atoms with van der Waals surface area (Å²) in [7, 11) is 0. The maximum Gasteiger partial charge on any atom is 0.0558 e. The van der Waals surface area contributed by atoms with Crippen LogP contribution in [-0.2, 0) is 0 Å². The Hall–Kier alpha value is -0.200. The topological polar surface area (TPSA) is 84.2 Å². The fourth-order valence-electron chi connectivity index (χ4n) is 0.760. The first kappa shape index (κ1) is 15.3. The zero-order chi connectivity index (χ0) is 10.5. The van der Waals surface area contributed by atoms with Crippen LogP contribution in [-0.4, -0.2) is 71.4 Å². The molecule has 0 unspecified atom stereocenters. The van der Waals surface area contributed by atoms with Crippen molar-refractivity contribution in [3.8, 4) is 0 Å². The van der Waals surface area contributed by atoms with Crippen molar-refractivity contribution < 1.29 is 20.4 Å². The Bertz CT molecular complexity index is 68.3. The highest BCUT2D eigenvalue weighted by molar-refractivity contribution is 4.54. The zero-order valence-electron chi connectivity index (χ0n) is 8.19. The predicted molar refractivity (Wildman–Crippen MR) is 50.5 cm³/mol. The lowest BCUT2D eigenvalue weighted by molar-refractivity contribution is 0.136. The normalized spacial score (nSPS) is 9.69. The molecule has 0 heterocycles. The van der Waals surface area contributed by atoms with Crippen LogP contribution in [0.1, 0.15) is 6.92 Å². The van der Waals surface area contributed by atoms with E-state index in [9.17, 15) is 0 Å². The lowest BCUT2D eigenvalue weighted by atomic mass is 10.4. The summed E-state index contributed by atoms with van der Waals surface area (Å²) in [4.78, 5) is 1.79. The average molecular weight is 195 g/mol. The SMILES string of the molecule is CCO.OCCN(CCO)CCO. The Kier molecular flexibility index (Phi) is 16.8. The van der Waals surface area contributed by atoms with E-state index in [-0.39, 0.29) is 26.4 Å². The van der Waals surface area contributed by atoms with Gasteiger partial charge in [0.2, 0.25) is 0 Å². The van der Waals surface area contributed by atoms with E-state index >= 15 is 0 Å². The number of aliphatic hydroxyl groups excluding tert-OH is 4. The van der Waals surface area contributed by atoms with Crippen LogP contribution in [0.3, 0.4) is 0 Å². The Morgan fingerprint density at radius 3 is 1.15 bits per heavy atom. The first-order valence-corrected chi connectivity index (χ1v) is 4.42. The number of nitrogens with zero attached hydrogens (tertiary/aromatic N) is 1. The second-order valence-electron chi connectivity index (χ2n) is 2.33. The number of hydrogen-bond acceptors (Lipinski definition) is 5. The maximum absolute atomic E-state index is 8.48. The average Bonchev–Trinajstić information content (AvgIpc) is 2.07. The van der Waals surface area contributed by atoms with Gasteiger partial charge in [0.25, 0.3) is 0 Å². The van der Waals surface area contributed by atoms with Crippen molar-refractivity contribution >= 4 is 0 Å². The molecule has 13 heavy (non-hydrogen) atoms. The smallest absolute Gasteiger partial charge is 0.0558 e. The highest BCUT2D eigenvalue weighted by atomic mass is 16.3. The molecule has 0 aromatic heterocycles. The van der Waals surface area contributed by atoms with Crippen LogP contribution < -0.4 is 0 Å². The highest BCUT2D eigenvalue weighted by Crippen LogP contribution is 1.84. The van der Waals surface area contributed by atoms with Gasteiger partial charge in [-0.15, -0.1) is 0 Å². The predicted octanol–water partition coefficient (Wildman–Crippen LogP) is -1.74. The minimum atomic E-state index is 0.0694. The molecule has 0 bridgehead atoms. The number of hydrogen-bond donors (Lipinski definition) is 4. The highest BCUT2D eigenvalue weighted by Gasteiger charge is 2.00. The van der Waals surface area contributed by atoms with Crippen LogP contribution in [0.25, 0.3) is 0 Å². The molecule has 0 saturated heterocycles. The second kappa shape index (κ2) is 14.3. The van der Waals surface area contributed by atoms with E-state index in [1.54, 1.807) is 11.8 Å². The van der Waals surface area contributed by atoms with Crippen molar-refractivity contribution in [2.24, 2.45) is 0 Å². The van der Waals surface area contributed by atoms with Crippen molar-refractivity contribution in [3.63, 3.8) is 0 Å². The molecule has 82 valence electrons. The fourth-order valence-corrected chi connectivity index (χ4v) is 0.760. The monoisotopic (exact) mass is 195 g/mol. The maximum atomic E-state index is 8.48. The van der Waals surface area contributed by atoms with Gasteiger partial charge >= 0.3 is 0 Å². The van der Waals surface area contributed by atoms with Crippen molar-refractivity contribution in [1.82, 2.24) is 4.90 Å². The molecular weight excluding hydrogens is 174 g/mol. The van der Waals surface area contributed by atoms with E-state index in [0.29, 0.717) is 19.6 Å². The van der Waals surface area contributed by atoms with E-state index in [0.717, 1.165) is 0 Å². The molecule has 0 spiro atoms. The molecule has 0 rings (SSSR count). The largest absolute Gasteiger partial charge is 0.397 e. The second-order valence-corrected chi connectivity index (χ2v) is 2.33. The van der Waals surface area contributed by atoms with Gasteiger partial charge in [-0.25, -0.2) is 0 Å². The van der Waals surface area contributed by atoms with Crippen LogP contribution >= 0.6 is 0 Å². The summed E-state index contributed by atoms with van der Waals surface area (Å²) in [5.41, 5.74) is 0. The third kappa shape index (κ3) is 14.6. The van der Waals surface area contributed by atoms with Crippen molar-refractivity contribution in [3.05, 3.63) is 0 Å². The lowest BCUT2D eigenvalue weighted by Crippen LogP contribution is -2.32. The quantitative estimate of drug-likeness (QED) is 0.404. The van der Waals surface area contributed by atoms with Crippen molar-refractivity contribution in [2.45, 2.75) is 6.92 Å². The van der Waals surface area contributed by atoms with Gasteiger partial charge in [-0.2, -0.15) is 0 Å². The van der Waals surface area contributed by atoms with E-state index in [1.807, 2.05) is 0 Å². The van der Waals surface area contributed by atoms with E-state index in [2.05, 4.69) is 0 Å². The summed E-state index contributed by atoms with van der Waals surface area (Å²) in [5, 5.41) is 33.0. The lowest BCUT2D eigenvalue weighted by Gasteiger charge is -2.17. The van der Waals surface area contributed by atoms with Gasteiger partial charge in [0.05, 0.1) is 19.8 Å². The van der Waals surface area contributed by atoms with E-state index in [4.69, 9.17) is 20.4 Å². The van der Waals surface area contributed by atoms with Gasteiger partial charge in [0.1, 0.15) is 0 Å². The Morgan fingerprint density at radius 2 is 1.00 bits per heavy atom. The minimum absolute atomic E-state index is 0.0694. The molecule has 0 aliphatic heterocycles. The standard InChI is InChI=1S/C6H15NO3.C2H6O/c8-4-1-7(2-5-9)3-6-10;1-2-3/h8-10H,1-6H2;3H,2H2,1H3. The molecule has 0 aromatic carbocycles. The molecule has 0 amide bonds. The molecular formula is C8H21NO4. The summed E-state index contributed by atoms with van der Waals surface area (Å²) in [5.74, 6) is 0. The third-order valence-electron chi connectivity index (χ3n) is 1.25. The molecule has 0 atom stereocenters. The Labute approximate surface area is 79.2 Å². The van der Waals surface area contributed by atoms with Crippen molar-refractivity contribution in [2.75, 3.05) is 46.1 Å². The molecule has 0 fully saturated rings. The van der Waals surface area contributed by atoms with Crippen LogP contribution in [0.5, 0.6) is 0 Å². The van der Waals surface area contributed by atoms with E-state index < -0.39 is 0 Å². The van der Waals surface area contributed by atoms with Gasteiger partial charge < -0.3 is 20.4 Å². The molecule has 5 nitrogen and oxygen atoms in total. The fraction of sp³-hybridized carbons (Fsp3) is 1.00. The van der Waals surface area contributed by atoms with Crippen molar-refractivity contribution in [1.29, 1.82) is 0 Å². The Balaban J connectivity index is 0. The van der Waals surface area contributed by atoms with Crippen LogP contribution in [0, 0.1) is 0 Å². The molecule has 0 aromatic rings. The molecule has 4 N–H and O–H groups in total. The third-order valence-corrected chi connectivity index (χ3v) is 1.25. The van der Waals surface area contributed by atoms with Gasteiger partial charge in [-0.05, 0) is 6.92 Å². The molecule has 0 saturated carbocycles. The summed E-state index contributed by atoms with van der Waals surface area (Å²) >= 11 is 0.